The van der Waals surface area contributed by atoms with Crippen LogP contribution in [0.1, 0.15) is 41.0 Å². The van der Waals surface area contributed by atoms with Crippen molar-refractivity contribution in [3.8, 4) is 5.75 Å². The Hall–Kier alpha value is -3.67. The molecule has 1 atom stereocenters. The smallest absolute Gasteiger partial charge is 0.260 e. The highest BCUT2D eigenvalue weighted by Gasteiger charge is 2.19. The molecule has 1 aromatic heterocycles. The van der Waals surface area contributed by atoms with E-state index in [0.29, 0.717) is 17.9 Å². The molecule has 0 radical (unpaired) electrons. The molecule has 35 heavy (non-hydrogen) atoms. The first kappa shape index (κ1) is 29.4. The van der Waals surface area contributed by atoms with Crippen LogP contribution in [0.5, 0.6) is 5.75 Å². The van der Waals surface area contributed by atoms with Crippen LogP contribution in [0, 0.1) is 10.8 Å². The minimum Gasteiger partial charge on any atom is -0.496 e. The number of pyridine rings is 1. The summed E-state index contributed by atoms with van der Waals surface area (Å²) >= 11 is 0. The van der Waals surface area contributed by atoms with Crippen LogP contribution < -0.4 is 21.1 Å². The van der Waals surface area contributed by atoms with Gasteiger partial charge in [-0.2, -0.15) is 0 Å². The Bertz CT molecular complexity index is 1000. The number of likely N-dealkylation sites (N-methyl/N-ethyl adjacent to an activating group) is 1. The Kier molecular flexibility index (Phi) is 12.8. The highest BCUT2D eigenvalue weighted by molar-refractivity contribution is 6.06. The van der Waals surface area contributed by atoms with Crippen molar-refractivity contribution >= 4 is 30.7 Å². The summed E-state index contributed by atoms with van der Waals surface area (Å²) in [4.78, 5) is 26.7. The van der Waals surface area contributed by atoms with Crippen LogP contribution in [0.15, 0.2) is 30.3 Å². The van der Waals surface area contributed by atoms with Crippen LogP contribution in [0.25, 0.3) is 0 Å². The molecule has 0 aliphatic heterocycles. The van der Waals surface area contributed by atoms with E-state index in [4.69, 9.17) is 26.1 Å². The summed E-state index contributed by atoms with van der Waals surface area (Å²) in [6, 6.07) is 7.99. The Balaban J connectivity index is 0.00000298. The number of anilines is 1. The molecule has 1 aromatic carbocycles. The molecule has 2 rings (SSSR count). The quantitative estimate of drug-likeness (QED) is 0.148. The van der Waals surface area contributed by atoms with Crippen LogP contribution in [0.2, 0.25) is 0 Å². The van der Waals surface area contributed by atoms with Crippen molar-refractivity contribution in [1.82, 2.24) is 15.2 Å². The number of hydrogen-bond acceptors (Lipinski definition) is 9. The normalized spacial score (nSPS) is 11.0. The monoisotopic (exact) mass is 485 g/mol. The standard InChI is InChI=1S/C23H33N7O3.CH2O/c1-4-27-9-8-16-11-20(33-3)18(10-17(16)12-24)23(32)29-21-7-5-6-19(28-21)22(26)30(14-25)15(2)13-31;1-2/h5-7,10-11,14-15,25-27,31H,4,8-9,12-13,24H2,1-3H3,(H,28,29,32);1H2. The van der Waals surface area contributed by atoms with Gasteiger partial charge < -0.3 is 35.9 Å². The van der Waals surface area contributed by atoms with E-state index in [0.717, 1.165) is 37.0 Å². The summed E-state index contributed by atoms with van der Waals surface area (Å²) in [5.41, 5.74) is 8.40. The molecule has 0 bridgehead atoms. The topological polar surface area (TPSA) is 178 Å². The van der Waals surface area contributed by atoms with Gasteiger partial charge in [-0.05, 0) is 61.8 Å². The van der Waals surface area contributed by atoms with Gasteiger partial charge in [0.05, 0.1) is 31.7 Å². The van der Waals surface area contributed by atoms with Gasteiger partial charge in [-0.15, -0.1) is 0 Å². The number of amides is 1. The zero-order valence-corrected chi connectivity index (χ0v) is 20.4. The molecular formula is C24H35N7O4. The lowest BCUT2D eigenvalue weighted by Gasteiger charge is -2.25. The third-order valence-corrected chi connectivity index (χ3v) is 5.18. The van der Waals surface area contributed by atoms with E-state index in [1.54, 1.807) is 31.2 Å². The Morgan fingerprint density at radius 2 is 2.06 bits per heavy atom. The maximum Gasteiger partial charge on any atom is 0.260 e. The molecule has 0 spiro atoms. The van der Waals surface area contributed by atoms with Crippen LogP contribution >= 0.6 is 0 Å². The molecule has 7 N–H and O–H groups in total. The predicted molar refractivity (Wildman–Crippen MR) is 136 cm³/mol. The lowest BCUT2D eigenvalue weighted by molar-refractivity contribution is -0.0980. The molecular weight excluding hydrogens is 450 g/mol. The number of ether oxygens (including phenoxy) is 1. The molecule has 1 unspecified atom stereocenters. The van der Waals surface area contributed by atoms with Gasteiger partial charge in [0.15, 0.2) is 5.84 Å². The van der Waals surface area contributed by atoms with Gasteiger partial charge in [0.25, 0.3) is 5.91 Å². The first-order valence-corrected chi connectivity index (χ1v) is 11.1. The summed E-state index contributed by atoms with van der Waals surface area (Å²) in [5.74, 6) is 0.211. The third-order valence-electron chi connectivity index (χ3n) is 5.18. The third kappa shape index (κ3) is 7.95. The number of hydrogen-bond donors (Lipinski definition) is 6. The van der Waals surface area contributed by atoms with Crippen LogP contribution in [-0.4, -0.2) is 72.7 Å². The van der Waals surface area contributed by atoms with Gasteiger partial charge >= 0.3 is 0 Å². The molecule has 2 aromatic rings. The molecule has 11 heteroatoms. The first-order chi connectivity index (χ1) is 16.9. The Morgan fingerprint density at radius 1 is 1.34 bits per heavy atom. The van der Waals surface area contributed by atoms with E-state index in [2.05, 4.69) is 15.6 Å². The minimum absolute atomic E-state index is 0.0595. The SMILES string of the molecule is C=O.CCNCCc1cc(OC)c(C(=O)Nc2cccc(C(=N)N(C=N)C(C)CO)n2)cc1CN. The second-order valence-electron chi connectivity index (χ2n) is 7.41. The maximum absolute atomic E-state index is 13.0. The Labute approximate surface area is 205 Å². The van der Waals surface area contributed by atoms with E-state index in [1.807, 2.05) is 19.8 Å². The highest BCUT2D eigenvalue weighted by atomic mass is 16.5. The fourth-order valence-electron chi connectivity index (χ4n) is 3.29. The van der Waals surface area contributed by atoms with Crippen molar-refractivity contribution in [3.05, 3.63) is 52.7 Å². The van der Waals surface area contributed by atoms with E-state index in [-0.39, 0.29) is 24.0 Å². The van der Waals surface area contributed by atoms with Crippen molar-refractivity contribution in [2.24, 2.45) is 5.73 Å². The largest absolute Gasteiger partial charge is 0.496 e. The number of nitrogens with two attached hydrogens (primary N) is 1. The molecule has 0 fully saturated rings. The molecule has 11 nitrogen and oxygen atoms in total. The zero-order valence-electron chi connectivity index (χ0n) is 20.4. The number of aliphatic hydroxyl groups excluding tert-OH is 1. The van der Waals surface area contributed by atoms with Gasteiger partial charge in [0.2, 0.25) is 0 Å². The average Bonchev–Trinajstić information content (AvgIpc) is 2.89. The lowest BCUT2D eigenvalue weighted by Crippen LogP contribution is -2.39. The van der Waals surface area contributed by atoms with Crippen molar-refractivity contribution in [1.29, 1.82) is 10.8 Å². The molecule has 1 amide bonds. The maximum atomic E-state index is 13.0. The zero-order chi connectivity index (χ0) is 26.4. The highest BCUT2D eigenvalue weighted by Crippen LogP contribution is 2.25. The number of rotatable bonds is 12. The van der Waals surface area contributed by atoms with E-state index < -0.39 is 11.9 Å². The van der Waals surface area contributed by atoms with Gasteiger partial charge in [0.1, 0.15) is 24.1 Å². The van der Waals surface area contributed by atoms with E-state index in [9.17, 15) is 9.90 Å². The van der Waals surface area contributed by atoms with Crippen LogP contribution in [-0.2, 0) is 17.8 Å². The van der Waals surface area contributed by atoms with Gasteiger partial charge in [-0.25, -0.2) is 4.98 Å². The second kappa shape index (κ2) is 15.3. The van der Waals surface area contributed by atoms with E-state index in [1.165, 1.54) is 12.0 Å². The summed E-state index contributed by atoms with van der Waals surface area (Å²) < 4.78 is 5.47. The van der Waals surface area contributed by atoms with Crippen molar-refractivity contribution in [3.63, 3.8) is 0 Å². The number of nitrogens with one attached hydrogen (secondary N) is 4. The first-order valence-electron chi connectivity index (χ1n) is 11.1. The number of benzene rings is 1. The number of nitrogens with zero attached hydrogens (tertiary/aromatic N) is 2. The molecule has 0 saturated heterocycles. The molecule has 190 valence electrons. The second-order valence-corrected chi connectivity index (χ2v) is 7.41. The number of methoxy groups -OCH3 is 1. The van der Waals surface area contributed by atoms with Crippen molar-refractivity contribution < 1.29 is 19.4 Å². The molecule has 0 saturated carbocycles. The van der Waals surface area contributed by atoms with Gasteiger partial charge in [-0.1, -0.05) is 13.0 Å². The van der Waals surface area contributed by atoms with Crippen LogP contribution in [0.4, 0.5) is 5.82 Å². The van der Waals surface area contributed by atoms with E-state index >= 15 is 0 Å². The predicted octanol–water partition coefficient (Wildman–Crippen LogP) is 1.38. The lowest BCUT2D eigenvalue weighted by atomic mass is 9.99. The average molecular weight is 486 g/mol. The fraction of sp³-hybridized carbons (Fsp3) is 0.375. The number of aliphatic hydroxyl groups is 1. The van der Waals surface area contributed by atoms with Crippen molar-refractivity contribution in [2.45, 2.75) is 32.9 Å². The molecule has 0 aliphatic rings. The minimum atomic E-state index is -0.458. The number of aromatic nitrogens is 1. The van der Waals surface area contributed by atoms with Gasteiger partial charge in [0, 0.05) is 6.54 Å². The number of carbonyl (C=O) groups is 2. The summed E-state index contributed by atoms with van der Waals surface area (Å²) in [6.45, 7) is 7.46. The fourth-order valence-corrected chi connectivity index (χ4v) is 3.29. The number of amidine groups is 1. The summed E-state index contributed by atoms with van der Waals surface area (Å²) in [7, 11) is 1.51. The van der Waals surface area contributed by atoms with Gasteiger partial charge in [-0.3, -0.25) is 15.6 Å². The Morgan fingerprint density at radius 3 is 2.63 bits per heavy atom. The molecule has 1 heterocycles. The van der Waals surface area contributed by atoms with Crippen LogP contribution in [0.3, 0.4) is 0 Å². The summed E-state index contributed by atoms with van der Waals surface area (Å²) in [5, 5.41) is 31.2. The van der Waals surface area contributed by atoms with Crippen molar-refractivity contribution in [2.75, 3.05) is 32.1 Å². The number of carbonyl (C=O) groups excluding carboxylic acids is 2. The summed E-state index contributed by atoms with van der Waals surface area (Å²) in [6.07, 6.45) is 1.73. The molecule has 0 aliphatic carbocycles.